The molecule has 0 spiro atoms. The summed E-state index contributed by atoms with van der Waals surface area (Å²) in [5, 5.41) is 6.56. The lowest BCUT2D eigenvalue weighted by Gasteiger charge is -2.25. The molecule has 2 heterocycles. The maximum Gasteiger partial charge on any atom is 0.242 e. The number of likely N-dealkylation sites (tertiary alicyclic amines) is 1. The second-order valence-electron chi connectivity index (χ2n) is 6.97. The van der Waals surface area contributed by atoms with Gasteiger partial charge in [-0.3, -0.25) is 14.5 Å². The Morgan fingerprint density at radius 2 is 2.08 bits per heavy atom. The van der Waals surface area contributed by atoms with E-state index >= 15 is 0 Å². The van der Waals surface area contributed by atoms with Crippen LogP contribution in [0.1, 0.15) is 37.7 Å². The van der Waals surface area contributed by atoms with Gasteiger partial charge in [-0.2, -0.15) is 0 Å². The summed E-state index contributed by atoms with van der Waals surface area (Å²) < 4.78 is 0. The van der Waals surface area contributed by atoms with Crippen LogP contribution in [0, 0.1) is 0 Å². The molecule has 0 aliphatic carbocycles. The first-order valence-electron chi connectivity index (χ1n) is 9.18. The number of halogens is 1. The van der Waals surface area contributed by atoms with Gasteiger partial charge in [0.25, 0.3) is 0 Å². The van der Waals surface area contributed by atoms with Crippen LogP contribution in [0.4, 0.5) is 0 Å². The molecule has 25 heavy (non-hydrogen) atoms. The molecule has 2 aliphatic rings. The average molecular weight is 364 g/mol. The number of carbonyl (C=O) groups excluding carboxylic acids is 2. The number of hydrogen-bond donors (Lipinski definition) is 2. The van der Waals surface area contributed by atoms with E-state index in [1.807, 2.05) is 18.2 Å². The highest BCUT2D eigenvalue weighted by Crippen LogP contribution is 2.24. The Hall–Kier alpha value is -1.59. The first-order valence-corrected chi connectivity index (χ1v) is 9.56. The molecule has 2 unspecified atom stereocenters. The lowest BCUT2D eigenvalue weighted by atomic mass is 10.0. The molecule has 2 amide bonds. The van der Waals surface area contributed by atoms with Crippen LogP contribution in [0.25, 0.3) is 0 Å². The van der Waals surface area contributed by atoms with Crippen LogP contribution in [-0.2, 0) is 16.0 Å². The zero-order valence-electron chi connectivity index (χ0n) is 14.5. The van der Waals surface area contributed by atoms with Crippen molar-refractivity contribution in [3.05, 3.63) is 34.9 Å². The highest BCUT2D eigenvalue weighted by atomic mass is 35.5. The third-order valence-corrected chi connectivity index (χ3v) is 5.50. The summed E-state index contributed by atoms with van der Waals surface area (Å²) in [4.78, 5) is 26.6. The molecule has 2 fully saturated rings. The number of nitrogens with one attached hydrogen (secondary N) is 2. The van der Waals surface area contributed by atoms with Gasteiger partial charge in [0.05, 0.1) is 6.54 Å². The Balaban J connectivity index is 1.54. The molecule has 1 aromatic carbocycles. The average Bonchev–Trinajstić information content (AvgIpc) is 2.91. The van der Waals surface area contributed by atoms with E-state index in [0.29, 0.717) is 19.1 Å². The van der Waals surface area contributed by atoms with Gasteiger partial charge in [-0.15, -0.1) is 0 Å². The summed E-state index contributed by atoms with van der Waals surface area (Å²) >= 11 is 6.27. The van der Waals surface area contributed by atoms with E-state index in [0.717, 1.165) is 55.7 Å². The van der Waals surface area contributed by atoms with E-state index < -0.39 is 0 Å². The standard InChI is InChI=1S/C19H26ClN3O2/c20-16-8-2-1-6-14(16)12-15-7-5-11-23(15)13-18(24)22-17-9-3-4-10-21-19(17)25/h1-2,6,8,15,17H,3-5,7,9-13H2,(H,21,25)(H,22,24). The van der Waals surface area contributed by atoms with Crippen molar-refractivity contribution in [2.45, 2.75) is 50.6 Å². The lowest BCUT2D eigenvalue weighted by molar-refractivity contribution is -0.129. The van der Waals surface area contributed by atoms with Gasteiger partial charge in [0.15, 0.2) is 0 Å². The summed E-state index contributed by atoms with van der Waals surface area (Å²) in [6.07, 6.45) is 5.68. The lowest BCUT2D eigenvalue weighted by Crippen LogP contribution is -2.49. The molecular weight excluding hydrogens is 338 g/mol. The highest BCUT2D eigenvalue weighted by Gasteiger charge is 2.28. The van der Waals surface area contributed by atoms with Crippen LogP contribution in [-0.4, -0.2) is 48.4 Å². The van der Waals surface area contributed by atoms with Crippen molar-refractivity contribution in [3.8, 4) is 0 Å². The summed E-state index contributed by atoms with van der Waals surface area (Å²) in [6, 6.07) is 7.83. The fraction of sp³-hybridized carbons (Fsp3) is 0.579. The molecule has 2 atom stereocenters. The number of rotatable bonds is 5. The van der Waals surface area contributed by atoms with Gasteiger partial charge in [-0.25, -0.2) is 0 Å². The van der Waals surface area contributed by atoms with Crippen LogP contribution in [0.5, 0.6) is 0 Å². The molecule has 5 nitrogen and oxygen atoms in total. The van der Waals surface area contributed by atoms with E-state index in [4.69, 9.17) is 11.6 Å². The third-order valence-electron chi connectivity index (χ3n) is 5.13. The smallest absolute Gasteiger partial charge is 0.242 e. The first kappa shape index (κ1) is 18.2. The Morgan fingerprint density at radius 1 is 1.24 bits per heavy atom. The molecule has 2 aliphatic heterocycles. The minimum atomic E-state index is -0.389. The van der Waals surface area contributed by atoms with Gasteiger partial charge in [-0.1, -0.05) is 29.8 Å². The maximum absolute atomic E-state index is 12.4. The highest BCUT2D eigenvalue weighted by molar-refractivity contribution is 6.31. The molecule has 3 rings (SSSR count). The Bertz CT molecular complexity index is 622. The molecular formula is C19H26ClN3O2. The van der Waals surface area contributed by atoms with Crippen molar-refractivity contribution >= 4 is 23.4 Å². The van der Waals surface area contributed by atoms with Crippen molar-refractivity contribution in [1.29, 1.82) is 0 Å². The predicted molar refractivity (Wildman–Crippen MR) is 98.5 cm³/mol. The quantitative estimate of drug-likeness (QED) is 0.842. The SMILES string of the molecule is O=C(CN1CCCC1Cc1ccccc1Cl)NC1CCCCNC1=O. The molecule has 0 radical (unpaired) electrons. The van der Waals surface area contributed by atoms with E-state index in [1.165, 1.54) is 0 Å². The van der Waals surface area contributed by atoms with Crippen LogP contribution < -0.4 is 10.6 Å². The minimum absolute atomic E-state index is 0.0557. The summed E-state index contributed by atoms with van der Waals surface area (Å²) in [5.74, 6) is -0.118. The van der Waals surface area contributed by atoms with Crippen molar-refractivity contribution in [2.75, 3.05) is 19.6 Å². The van der Waals surface area contributed by atoms with E-state index in [9.17, 15) is 9.59 Å². The number of benzene rings is 1. The number of hydrogen-bond acceptors (Lipinski definition) is 3. The maximum atomic E-state index is 12.4. The zero-order chi connectivity index (χ0) is 17.6. The van der Waals surface area contributed by atoms with Gasteiger partial charge in [0.2, 0.25) is 11.8 Å². The number of amides is 2. The predicted octanol–water partition coefficient (Wildman–Crippen LogP) is 2.13. The summed E-state index contributed by atoms with van der Waals surface area (Å²) in [6.45, 7) is 1.97. The van der Waals surface area contributed by atoms with E-state index in [-0.39, 0.29) is 17.9 Å². The van der Waals surface area contributed by atoms with Crippen molar-refractivity contribution in [2.24, 2.45) is 0 Å². The molecule has 2 N–H and O–H groups in total. The van der Waals surface area contributed by atoms with Crippen molar-refractivity contribution in [3.63, 3.8) is 0 Å². The fourth-order valence-corrected chi connectivity index (χ4v) is 3.97. The molecule has 2 saturated heterocycles. The minimum Gasteiger partial charge on any atom is -0.354 e. The van der Waals surface area contributed by atoms with E-state index in [1.54, 1.807) is 0 Å². The summed E-state index contributed by atoms with van der Waals surface area (Å²) in [7, 11) is 0. The van der Waals surface area contributed by atoms with Crippen LogP contribution in [0.2, 0.25) is 5.02 Å². The van der Waals surface area contributed by atoms with Crippen LogP contribution >= 0.6 is 11.6 Å². The molecule has 1 aromatic rings. The largest absolute Gasteiger partial charge is 0.354 e. The van der Waals surface area contributed by atoms with E-state index in [2.05, 4.69) is 21.6 Å². The summed E-state index contributed by atoms with van der Waals surface area (Å²) in [5.41, 5.74) is 1.13. The monoisotopic (exact) mass is 363 g/mol. The van der Waals surface area contributed by atoms with Crippen LogP contribution in [0.3, 0.4) is 0 Å². The topological polar surface area (TPSA) is 61.4 Å². The Kier molecular flexibility index (Phi) is 6.32. The third kappa shape index (κ3) is 4.95. The van der Waals surface area contributed by atoms with Crippen molar-refractivity contribution in [1.82, 2.24) is 15.5 Å². The normalized spacial score (nSPS) is 24.6. The molecule has 6 heteroatoms. The molecule has 0 bridgehead atoms. The first-order chi connectivity index (χ1) is 12.1. The van der Waals surface area contributed by atoms with Gasteiger partial charge in [0, 0.05) is 17.6 Å². The van der Waals surface area contributed by atoms with Crippen LogP contribution in [0.15, 0.2) is 24.3 Å². The Labute approximate surface area is 154 Å². The number of carbonyl (C=O) groups is 2. The van der Waals surface area contributed by atoms with Gasteiger partial charge in [-0.05, 0) is 56.7 Å². The van der Waals surface area contributed by atoms with Gasteiger partial charge < -0.3 is 10.6 Å². The van der Waals surface area contributed by atoms with Crippen molar-refractivity contribution < 1.29 is 9.59 Å². The van der Waals surface area contributed by atoms with Gasteiger partial charge in [0.1, 0.15) is 6.04 Å². The zero-order valence-corrected chi connectivity index (χ0v) is 15.2. The van der Waals surface area contributed by atoms with Gasteiger partial charge >= 0.3 is 0 Å². The molecule has 0 aromatic heterocycles. The second-order valence-corrected chi connectivity index (χ2v) is 7.38. The molecule has 0 saturated carbocycles. The fourth-order valence-electron chi connectivity index (χ4n) is 3.75. The number of nitrogens with zero attached hydrogens (tertiary/aromatic N) is 1. The second kappa shape index (κ2) is 8.68. The Morgan fingerprint density at radius 3 is 2.92 bits per heavy atom. The molecule has 136 valence electrons.